The summed E-state index contributed by atoms with van der Waals surface area (Å²) in [7, 11) is 0. The molecule has 0 N–H and O–H groups in total. The zero-order valence-electron chi connectivity index (χ0n) is 42.3. The number of fused-ring (bicyclic) bond motifs is 6. The van der Waals surface area contributed by atoms with E-state index in [0.29, 0.717) is 11.8 Å². The third-order valence-corrected chi connectivity index (χ3v) is 14.3. The van der Waals surface area contributed by atoms with E-state index in [1.54, 1.807) is 0 Å². The van der Waals surface area contributed by atoms with Crippen LogP contribution in [0, 0.1) is 11.3 Å². The van der Waals surface area contributed by atoms with Gasteiger partial charge in [0.2, 0.25) is 0 Å². The van der Waals surface area contributed by atoms with Gasteiger partial charge in [0.05, 0.1) is 0 Å². The average molecular weight is 849 g/mol. The Bertz CT molecular complexity index is 2350. The van der Waals surface area contributed by atoms with Gasteiger partial charge in [-0.05, 0) is 138 Å². The van der Waals surface area contributed by atoms with Crippen LogP contribution in [0.25, 0.3) is 22.3 Å². The van der Waals surface area contributed by atoms with Crippen molar-refractivity contribution < 1.29 is 0 Å². The van der Waals surface area contributed by atoms with Crippen molar-refractivity contribution in [2.45, 2.75) is 157 Å². The van der Waals surface area contributed by atoms with Gasteiger partial charge in [0.1, 0.15) is 0 Å². The fourth-order valence-electron chi connectivity index (χ4n) is 9.96. The molecule has 0 radical (unpaired) electrons. The zero-order valence-corrected chi connectivity index (χ0v) is 42.3. The first-order valence-electron chi connectivity index (χ1n) is 24.1. The van der Waals surface area contributed by atoms with E-state index in [1.165, 1.54) is 77.9 Å². The monoisotopic (exact) mass is 849 g/mol. The summed E-state index contributed by atoms with van der Waals surface area (Å²) in [4.78, 5) is 0. The van der Waals surface area contributed by atoms with E-state index in [9.17, 15) is 0 Å². The first-order chi connectivity index (χ1) is 30.0. The van der Waals surface area contributed by atoms with Crippen molar-refractivity contribution in [3.63, 3.8) is 0 Å². The quantitative estimate of drug-likeness (QED) is 0.137. The minimum Gasteiger partial charge on any atom is -0.103 e. The Labute approximate surface area is 390 Å². The highest BCUT2D eigenvalue weighted by molar-refractivity contribution is 5.81. The molecule has 4 aromatic rings. The highest BCUT2D eigenvalue weighted by Crippen LogP contribution is 2.59. The Kier molecular flexibility index (Phi) is 14.3. The standard InChI is InChI=1S/C32H40.C21H26.C11H14/c1-9-10-19-32(8,22-13-11-12-14-22)29-27-20-23(30(2,3)4)15-17-25(27)26-18-16-24(21-28(26)29)31(5,6)7;1-20(2,3)16-7-9-18-14(12-16)11-15-13-17(21(4,5)6)8-10-19(15)18;1-3-4-7-10(2)11-8-5-6-9-11/h9,11-18,20-22,29H,1,10,19H2,2-8H3;7-10,12-13H,11H2,1-6H3;3,5-6,8-9H,1,4,7H2,2H3. The highest BCUT2D eigenvalue weighted by atomic mass is 14.5. The Morgan fingerprint density at radius 1 is 0.516 bits per heavy atom. The fourth-order valence-corrected chi connectivity index (χ4v) is 9.96. The Hall–Kier alpha value is -4.94. The minimum absolute atomic E-state index is 0.0880. The summed E-state index contributed by atoms with van der Waals surface area (Å²) in [5.41, 5.74) is 21.1. The second-order valence-electron chi connectivity index (χ2n) is 23.4. The van der Waals surface area contributed by atoms with Gasteiger partial charge in [0.15, 0.2) is 0 Å². The van der Waals surface area contributed by atoms with Gasteiger partial charge in [-0.25, -0.2) is 0 Å². The largest absolute Gasteiger partial charge is 0.103 e. The smallest absolute Gasteiger partial charge is 0.0164 e. The summed E-state index contributed by atoms with van der Waals surface area (Å²) in [6, 6.07) is 28.6. The van der Waals surface area contributed by atoms with Crippen LogP contribution in [0.4, 0.5) is 0 Å². The first-order valence-corrected chi connectivity index (χ1v) is 24.1. The summed E-state index contributed by atoms with van der Waals surface area (Å²) in [6.45, 7) is 40.1. The third kappa shape index (κ3) is 10.6. The molecule has 0 aromatic heterocycles. The molecule has 0 nitrogen and oxygen atoms in total. The van der Waals surface area contributed by atoms with Crippen molar-refractivity contribution in [1.29, 1.82) is 0 Å². The van der Waals surface area contributed by atoms with Gasteiger partial charge in [-0.15, -0.1) is 13.2 Å². The van der Waals surface area contributed by atoms with E-state index < -0.39 is 0 Å². The number of hydrogen-bond acceptors (Lipinski definition) is 0. The van der Waals surface area contributed by atoms with E-state index in [2.05, 4.69) is 238 Å². The molecule has 0 amide bonds. The SMILES string of the molecule is C=CCCC(C)(C1C=CC=C1)C1c2cc(C(C)(C)C)ccc2-c2ccc(C(C)(C)C)cc21.C=CCCC(C)=C1C=CC=C1.CC(C)(C)c1ccc2c(c1)Cc1cc(C(C)(C)C)ccc1-2. The van der Waals surface area contributed by atoms with Crippen LogP contribution in [0.1, 0.15) is 173 Å². The van der Waals surface area contributed by atoms with Crippen LogP contribution in [0.5, 0.6) is 0 Å². The maximum absolute atomic E-state index is 4.06. The molecule has 0 saturated carbocycles. The molecule has 64 heavy (non-hydrogen) atoms. The second-order valence-corrected chi connectivity index (χ2v) is 23.4. The highest BCUT2D eigenvalue weighted by Gasteiger charge is 2.46. The van der Waals surface area contributed by atoms with Crippen LogP contribution < -0.4 is 0 Å². The average Bonchev–Trinajstić information content (AvgIpc) is 4.06. The van der Waals surface area contributed by atoms with Crippen LogP contribution in [0.15, 0.2) is 158 Å². The molecule has 336 valence electrons. The number of rotatable bonds is 8. The van der Waals surface area contributed by atoms with Crippen LogP contribution in [-0.4, -0.2) is 0 Å². The van der Waals surface area contributed by atoms with E-state index in [1.807, 2.05) is 6.08 Å². The van der Waals surface area contributed by atoms with Crippen LogP contribution in [0.2, 0.25) is 0 Å². The first kappa shape index (κ1) is 48.5. The molecule has 0 aliphatic heterocycles. The van der Waals surface area contributed by atoms with Gasteiger partial charge in [0, 0.05) is 11.8 Å². The molecule has 0 fully saturated rings. The molecule has 0 heterocycles. The fraction of sp³-hybridized carbons (Fsp3) is 0.406. The molecule has 0 saturated heterocycles. The molecule has 0 bridgehead atoms. The van der Waals surface area contributed by atoms with Crippen molar-refractivity contribution in [2.75, 3.05) is 0 Å². The predicted octanol–water partition coefficient (Wildman–Crippen LogP) is 18.4. The van der Waals surface area contributed by atoms with E-state index in [4.69, 9.17) is 0 Å². The summed E-state index contributed by atoms with van der Waals surface area (Å²) in [5, 5.41) is 0. The Balaban J connectivity index is 0.000000181. The second kappa shape index (κ2) is 18.9. The van der Waals surface area contributed by atoms with Gasteiger partial charge in [-0.2, -0.15) is 0 Å². The Morgan fingerprint density at radius 3 is 1.30 bits per heavy atom. The lowest BCUT2D eigenvalue weighted by Crippen LogP contribution is -2.32. The molecule has 0 spiro atoms. The van der Waals surface area contributed by atoms with E-state index in [0.717, 1.165) is 32.1 Å². The summed E-state index contributed by atoms with van der Waals surface area (Å²) in [5.74, 6) is 0.803. The maximum atomic E-state index is 4.06. The molecule has 8 rings (SSSR count). The minimum atomic E-state index is 0.0880. The van der Waals surface area contributed by atoms with Crippen molar-refractivity contribution in [3.8, 4) is 22.3 Å². The molecule has 0 heteroatoms. The van der Waals surface area contributed by atoms with Crippen LogP contribution in [0.3, 0.4) is 0 Å². The molecule has 1 unspecified atom stereocenters. The molecular weight excluding hydrogens is 769 g/mol. The third-order valence-electron chi connectivity index (χ3n) is 14.3. The van der Waals surface area contributed by atoms with Crippen LogP contribution >= 0.6 is 0 Å². The topological polar surface area (TPSA) is 0 Å². The summed E-state index contributed by atoms with van der Waals surface area (Å²) >= 11 is 0. The molecular formula is C64H80. The van der Waals surface area contributed by atoms with Gasteiger partial charge in [0.25, 0.3) is 0 Å². The van der Waals surface area contributed by atoms with Crippen molar-refractivity contribution in [1.82, 2.24) is 0 Å². The lowest BCUT2D eigenvalue weighted by atomic mass is 9.62. The number of allylic oxidation sites excluding steroid dienone is 12. The molecule has 4 aromatic carbocycles. The van der Waals surface area contributed by atoms with E-state index in [-0.39, 0.29) is 27.1 Å². The van der Waals surface area contributed by atoms with Crippen molar-refractivity contribution >= 4 is 0 Å². The van der Waals surface area contributed by atoms with Gasteiger partial charge in [-0.3, -0.25) is 0 Å². The van der Waals surface area contributed by atoms with Crippen molar-refractivity contribution in [3.05, 3.63) is 202 Å². The molecule has 4 aliphatic carbocycles. The molecule has 1 atom stereocenters. The van der Waals surface area contributed by atoms with E-state index >= 15 is 0 Å². The van der Waals surface area contributed by atoms with Gasteiger partial charge < -0.3 is 0 Å². The zero-order chi connectivity index (χ0) is 46.8. The maximum Gasteiger partial charge on any atom is 0.0164 e. The lowest BCUT2D eigenvalue weighted by Gasteiger charge is -2.41. The van der Waals surface area contributed by atoms with Crippen LogP contribution in [-0.2, 0) is 28.1 Å². The summed E-state index contributed by atoms with van der Waals surface area (Å²) < 4.78 is 0. The van der Waals surface area contributed by atoms with Gasteiger partial charge in [-0.1, -0.05) is 229 Å². The molecule has 4 aliphatic rings. The lowest BCUT2D eigenvalue weighted by molar-refractivity contribution is 0.214. The number of hydrogen-bond donors (Lipinski definition) is 0. The van der Waals surface area contributed by atoms with Crippen molar-refractivity contribution in [2.24, 2.45) is 11.3 Å². The predicted molar refractivity (Wildman–Crippen MR) is 283 cm³/mol. The van der Waals surface area contributed by atoms with Gasteiger partial charge >= 0.3 is 0 Å². The number of benzene rings is 4. The normalized spacial score (nSPS) is 16.0. The summed E-state index contributed by atoms with van der Waals surface area (Å²) in [6.07, 6.45) is 27.2. The Morgan fingerprint density at radius 2 is 0.906 bits per heavy atom.